The van der Waals surface area contributed by atoms with Crippen LogP contribution in [-0.2, 0) is 11.0 Å². The Labute approximate surface area is 133 Å². The minimum absolute atomic E-state index is 0.200. The predicted octanol–water partition coefficient (Wildman–Crippen LogP) is 3.08. The summed E-state index contributed by atoms with van der Waals surface area (Å²) in [6.07, 6.45) is -2.57. The van der Waals surface area contributed by atoms with Crippen LogP contribution in [0.15, 0.2) is 24.3 Å². The Bertz CT molecular complexity index is 509. The number of nitrogens with zero attached hydrogens (tertiary/aromatic N) is 2. The van der Waals surface area contributed by atoms with Crippen LogP contribution in [0.5, 0.6) is 0 Å². The summed E-state index contributed by atoms with van der Waals surface area (Å²) in [4.78, 5) is 14.8. The van der Waals surface area contributed by atoms with Crippen molar-refractivity contribution in [1.29, 1.82) is 0 Å². The first-order chi connectivity index (χ1) is 10.9. The molecule has 0 bridgehead atoms. The van der Waals surface area contributed by atoms with E-state index in [-0.39, 0.29) is 6.42 Å². The summed E-state index contributed by atoms with van der Waals surface area (Å²) in [7, 11) is 0. The molecule has 1 heterocycles. The normalized spacial score (nSPS) is 16.6. The van der Waals surface area contributed by atoms with E-state index in [1.165, 1.54) is 12.1 Å². The number of hydrogen-bond acceptors (Lipinski definition) is 3. The van der Waals surface area contributed by atoms with E-state index >= 15 is 0 Å². The second-order valence-corrected chi connectivity index (χ2v) is 5.72. The number of anilines is 1. The summed E-state index contributed by atoms with van der Waals surface area (Å²) in [5.41, 5.74) is 0.182. The zero-order valence-electron chi connectivity index (χ0n) is 12.9. The number of benzene rings is 1. The number of alkyl halides is 3. The summed E-state index contributed by atoms with van der Waals surface area (Å²) < 4.78 is 37.7. The molecule has 0 atom stereocenters. The third-order valence-corrected chi connectivity index (χ3v) is 4.05. The average molecular weight is 330 g/mol. The van der Waals surface area contributed by atoms with Gasteiger partial charge in [0.05, 0.1) is 5.56 Å². The van der Waals surface area contributed by atoms with E-state index in [2.05, 4.69) is 9.80 Å². The van der Waals surface area contributed by atoms with Crippen molar-refractivity contribution in [3.8, 4) is 0 Å². The van der Waals surface area contributed by atoms with Gasteiger partial charge in [0.25, 0.3) is 0 Å². The van der Waals surface area contributed by atoms with E-state index in [1.807, 2.05) is 0 Å². The number of carbonyl (C=O) groups is 1. The smallest absolute Gasteiger partial charge is 0.416 e. The first kappa shape index (κ1) is 17.6. The topological polar surface area (TPSA) is 43.8 Å². The lowest BCUT2D eigenvalue weighted by atomic mass is 10.1. The minimum atomic E-state index is -4.30. The van der Waals surface area contributed by atoms with Crippen LogP contribution in [0.1, 0.15) is 24.8 Å². The van der Waals surface area contributed by atoms with Crippen LogP contribution < -0.4 is 4.90 Å². The van der Waals surface area contributed by atoms with Crippen molar-refractivity contribution in [2.75, 3.05) is 37.6 Å². The number of carboxylic acids is 1. The Morgan fingerprint density at radius 3 is 2.17 bits per heavy atom. The molecule has 1 aliphatic rings. The van der Waals surface area contributed by atoms with E-state index in [9.17, 15) is 18.0 Å². The lowest BCUT2D eigenvalue weighted by molar-refractivity contribution is -0.138. The average Bonchev–Trinajstić information content (AvgIpc) is 2.51. The predicted molar refractivity (Wildman–Crippen MR) is 81.6 cm³/mol. The fourth-order valence-corrected chi connectivity index (χ4v) is 2.70. The van der Waals surface area contributed by atoms with Gasteiger partial charge >= 0.3 is 12.1 Å². The van der Waals surface area contributed by atoms with E-state index in [0.29, 0.717) is 6.42 Å². The molecule has 1 saturated heterocycles. The third-order valence-electron chi connectivity index (χ3n) is 4.05. The van der Waals surface area contributed by atoms with Crippen LogP contribution in [0.25, 0.3) is 0 Å². The van der Waals surface area contributed by atoms with Gasteiger partial charge in [-0.05, 0) is 43.7 Å². The molecule has 1 fully saturated rings. The Kier molecular flexibility index (Phi) is 5.87. The van der Waals surface area contributed by atoms with E-state index < -0.39 is 17.7 Å². The fraction of sp³-hybridized carbons (Fsp3) is 0.562. The molecular formula is C16H21F3N2O2. The maximum atomic E-state index is 12.6. The first-order valence-electron chi connectivity index (χ1n) is 7.72. The molecule has 1 aromatic carbocycles. The van der Waals surface area contributed by atoms with E-state index in [1.54, 1.807) is 0 Å². The molecule has 0 aliphatic carbocycles. The van der Waals surface area contributed by atoms with Crippen LogP contribution in [0.4, 0.5) is 18.9 Å². The molecule has 1 aliphatic heterocycles. The van der Waals surface area contributed by atoms with E-state index in [0.717, 1.165) is 57.0 Å². The lowest BCUT2D eigenvalue weighted by Crippen LogP contribution is -2.46. The summed E-state index contributed by atoms with van der Waals surface area (Å²) in [5.74, 6) is -0.767. The number of halogens is 3. The second-order valence-electron chi connectivity index (χ2n) is 5.72. The zero-order chi connectivity index (χ0) is 16.9. The highest BCUT2D eigenvalue weighted by molar-refractivity contribution is 5.66. The molecule has 0 radical (unpaired) electrons. The number of rotatable bonds is 6. The summed E-state index contributed by atoms with van der Waals surface area (Å²) in [6.45, 7) is 4.09. The van der Waals surface area contributed by atoms with Gasteiger partial charge in [0.2, 0.25) is 0 Å². The van der Waals surface area contributed by atoms with Gasteiger partial charge in [-0.1, -0.05) is 0 Å². The zero-order valence-corrected chi connectivity index (χ0v) is 12.9. The fourth-order valence-electron chi connectivity index (χ4n) is 2.70. The van der Waals surface area contributed by atoms with Gasteiger partial charge in [-0.2, -0.15) is 13.2 Å². The van der Waals surface area contributed by atoms with Crippen molar-refractivity contribution in [3.05, 3.63) is 29.8 Å². The molecule has 0 unspecified atom stereocenters. The molecule has 7 heteroatoms. The molecular weight excluding hydrogens is 309 g/mol. The Balaban J connectivity index is 1.77. The van der Waals surface area contributed by atoms with Crippen molar-refractivity contribution in [2.24, 2.45) is 0 Å². The second kappa shape index (κ2) is 7.68. The highest BCUT2D eigenvalue weighted by Gasteiger charge is 2.30. The van der Waals surface area contributed by atoms with Crippen LogP contribution >= 0.6 is 0 Å². The molecule has 0 aromatic heterocycles. The number of aliphatic carboxylic acids is 1. The molecule has 4 nitrogen and oxygen atoms in total. The summed E-state index contributed by atoms with van der Waals surface area (Å²) >= 11 is 0. The van der Waals surface area contributed by atoms with Gasteiger partial charge in [0.15, 0.2) is 0 Å². The van der Waals surface area contributed by atoms with Crippen molar-refractivity contribution < 1.29 is 23.1 Å². The van der Waals surface area contributed by atoms with Crippen molar-refractivity contribution in [3.63, 3.8) is 0 Å². The first-order valence-corrected chi connectivity index (χ1v) is 7.72. The summed E-state index contributed by atoms with van der Waals surface area (Å²) in [6, 6.07) is 5.28. The van der Waals surface area contributed by atoms with Gasteiger partial charge in [0.1, 0.15) is 0 Å². The van der Waals surface area contributed by atoms with Crippen molar-refractivity contribution >= 4 is 11.7 Å². The number of hydrogen-bond donors (Lipinski definition) is 1. The maximum Gasteiger partial charge on any atom is 0.416 e. The molecule has 0 amide bonds. The van der Waals surface area contributed by atoms with Crippen LogP contribution in [-0.4, -0.2) is 48.7 Å². The standard InChI is InChI=1S/C16H21F3N2O2/c17-16(18,19)13-4-6-14(7-5-13)21-11-9-20(10-12-21)8-2-1-3-15(22)23/h4-7H,1-3,8-12H2,(H,22,23). The maximum absolute atomic E-state index is 12.6. The lowest BCUT2D eigenvalue weighted by Gasteiger charge is -2.36. The molecule has 23 heavy (non-hydrogen) atoms. The molecule has 128 valence electrons. The van der Waals surface area contributed by atoms with Crippen LogP contribution in [0, 0.1) is 0 Å². The monoisotopic (exact) mass is 330 g/mol. The third kappa shape index (κ3) is 5.42. The Hall–Kier alpha value is -1.76. The van der Waals surface area contributed by atoms with Gasteiger partial charge < -0.3 is 10.0 Å². The molecule has 1 aromatic rings. The minimum Gasteiger partial charge on any atom is -0.481 e. The van der Waals surface area contributed by atoms with Gasteiger partial charge in [0, 0.05) is 38.3 Å². The number of carboxylic acid groups (broad SMARTS) is 1. The number of piperazine rings is 1. The highest BCUT2D eigenvalue weighted by Crippen LogP contribution is 2.30. The quantitative estimate of drug-likeness (QED) is 0.814. The van der Waals surface area contributed by atoms with E-state index in [4.69, 9.17) is 5.11 Å². The molecule has 2 rings (SSSR count). The van der Waals surface area contributed by atoms with Crippen LogP contribution in [0.3, 0.4) is 0 Å². The molecule has 1 N–H and O–H groups in total. The molecule has 0 saturated carbocycles. The largest absolute Gasteiger partial charge is 0.481 e. The number of unbranched alkanes of at least 4 members (excludes halogenated alkanes) is 1. The highest BCUT2D eigenvalue weighted by atomic mass is 19.4. The van der Waals surface area contributed by atoms with Gasteiger partial charge in [-0.15, -0.1) is 0 Å². The molecule has 0 spiro atoms. The van der Waals surface area contributed by atoms with Gasteiger partial charge in [-0.3, -0.25) is 9.69 Å². The Morgan fingerprint density at radius 1 is 1.04 bits per heavy atom. The van der Waals surface area contributed by atoms with Crippen molar-refractivity contribution in [2.45, 2.75) is 25.4 Å². The van der Waals surface area contributed by atoms with Gasteiger partial charge in [-0.25, -0.2) is 0 Å². The summed E-state index contributed by atoms with van der Waals surface area (Å²) in [5, 5.41) is 8.59. The van der Waals surface area contributed by atoms with Crippen molar-refractivity contribution in [1.82, 2.24) is 4.90 Å². The Morgan fingerprint density at radius 2 is 1.65 bits per heavy atom. The van der Waals surface area contributed by atoms with Crippen LogP contribution in [0.2, 0.25) is 0 Å². The SMILES string of the molecule is O=C(O)CCCCN1CCN(c2ccc(C(F)(F)F)cc2)CC1.